The molecule has 0 spiro atoms. The largest absolute Gasteiger partial charge is 0.330 e. The quantitative estimate of drug-likeness (QED) is 0.808. The molecule has 0 bridgehead atoms. The van der Waals surface area contributed by atoms with Gasteiger partial charge in [-0.15, -0.1) is 0 Å². The third-order valence-corrected chi connectivity index (χ3v) is 3.88. The molecule has 2 aromatic heterocycles. The van der Waals surface area contributed by atoms with Crippen LogP contribution in [0.25, 0.3) is 0 Å². The van der Waals surface area contributed by atoms with Gasteiger partial charge in [0.15, 0.2) is 0 Å². The number of rotatable bonds is 4. The fourth-order valence-corrected chi connectivity index (χ4v) is 2.48. The van der Waals surface area contributed by atoms with E-state index >= 15 is 0 Å². The standard InChI is InChI=1S/C15H13Cl2N3O/c16-12-3-4-13(17)19-14(12)15(21)20(11-1-2-11)9-10-5-7-18-8-6-10/h3-8,11H,1-2,9H2. The van der Waals surface area contributed by atoms with Crippen LogP contribution in [0, 0.1) is 0 Å². The third-order valence-electron chi connectivity index (χ3n) is 3.37. The zero-order valence-electron chi connectivity index (χ0n) is 11.2. The van der Waals surface area contributed by atoms with Crippen LogP contribution in [0.5, 0.6) is 0 Å². The van der Waals surface area contributed by atoms with Crippen molar-refractivity contribution in [3.05, 3.63) is 58.1 Å². The molecule has 0 N–H and O–H groups in total. The molecule has 1 amide bonds. The second kappa shape index (κ2) is 6.00. The summed E-state index contributed by atoms with van der Waals surface area (Å²) in [6.45, 7) is 0.524. The Morgan fingerprint density at radius 3 is 2.57 bits per heavy atom. The Labute approximate surface area is 132 Å². The lowest BCUT2D eigenvalue weighted by Crippen LogP contribution is -2.33. The predicted octanol–water partition coefficient (Wildman–Crippen LogP) is 3.59. The fourth-order valence-electron chi connectivity index (χ4n) is 2.14. The zero-order chi connectivity index (χ0) is 14.8. The summed E-state index contributed by atoms with van der Waals surface area (Å²) in [6, 6.07) is 7.22. The topological polar surface area (TPSA) is 46.1 Å². The maximum Gasteiger partial charge on any atom is 0.274 e. The molecule has 0 aromatic carbocycles. The van der Waals surface area contributed by atoms with Crippen LogP contribution in [0.4, 0.5) is 0 Å². The summed E-state index contributed by atoms with van der Waals surface area (Å²) in [4.78, 5) is 22.6. The van der Waals surface area contributed by atoms with Crippen molar-refractivity contribution in [1.29, 1.82) is 0 Å². The predicted molar refractivity (Wildman–Crippen MR) is 81.4 cm³/mol. The number of nitrogens with zero attached hydrogens (tertiary/aromatic N) is 3. The highest BCUT2D eigenvalue weighted by molar-refractivity contribution is 6.34. The first kappa shape index (κ1) is 14.3. The summed E-state index contributed by atoms with van der Waals surface area (Å²) in [7, 11) is 0. The Kier molecular flexibility index (Phi) is 4.08. The molecule has 1 aliphatic carbocycles. The molecule has 1 fully saturated rings. The van der Waals surface area contributed by atoms with Crippen LogP contribution < -0.4 is 0 Å². The smallest absolute Gasteiger partial charge is 0.274 e. The average molecular weight is 322 g/mol. The van der Waals surface area contributed by atoms with Gasteiger partial charge in [0.2, 0.25) is 0 Å². The number of carbonyl (C=O) groups excluding carboxylic acids is 1. The van der Waals surface area contributed by atoms with E-state index in [4.69, 9.17) is 23.2 Å². The maximum absolute atomic E-state index is 12.7. The first-order valence-electron chi connectivity index (χ1n) is 6.67. The van der Waals surface area contributed by atoms with Crippen LogP contribution in [0.3, 0.4) is 0 Å². The second-order valence-electron chi connectivity index (χ2n) is 4.98. The van der Waals surface area contributed by atoms with Gasteiger partial charge in [0.05, 0.1) is 5.02 Å². The van der Waals surface area contributed by atoms with Gasteiger partial charge in [-0.2, -0.15) is 0 Å². The Hall–Kier alpha value is -1.65. The van der Waals surface area contributed by atoms with Crippen molar-refractivity contribution in [3.63, 3.8) is 0 Å². The molecule has 1 aliphatic rings. The number of hydrogen-bond donors (Lipinski definition) is 0. The molecule has 0 aliphatic heterocycles. The maximum atomic E-state index is 12.7. The van der Waals surface area contributed by atoms with Gasteiger partial charge < -0.3 is 4.90 Å². The number of amides is 1. The molecule has 0 unspecified atom stereocenters. The van der Waals surface area contributed by atoms with Crippen molar-refractivity contribution in [1.82, 2.24) is 14.9 Å². The van der Waals surface area contributed by atoms with E-state index in [-0.39, 0.29) is 22.8 Å². The van der Waals surface area contributed by atoms with E-state index in [0.29, 0.717) is 11.6 Å². The van der Waals surface area contributed by atoms with Gasteiger partial charge in [-0.25, -0.2) is 4.98 Å². The van der Waals surface area contributed by atoms with E-state index < -0.39 is 0 Å². The Morgan fingerprint density at radius 1 is 1.19 bits per heavy atom. The van der Waals surface area contributed by atoms with Gasteiger partial charge in [0.1, 0.15) is 10.8 Å². The summed E-state index contributed by atoms with van der Waals surface area (Å²) in [5.41, 5.74) is 1.24. The first-order chi connectivity index (χ1) is 10.1. The highest BCUT2D eigenvalue weighted by Crippen LogP contribution is 2.31. The van der Waals surface area contributed by atoms with Gasteiger partial charge in [0.25, 0.3) is 5.91 Å². The molecule has 108 valence electrons. The van der Waals surface area contributed by atoms with E-state index in [2.05, 4.69) is 9.97 Å². The highest BCUT2D eigenvalue weighted by atomic mass is 35.5. The summed E-state index contributed by atoms with van der Waals surface area (Å²) in [6.07, 6.45) is 5.45. The monoisotopic (exact) mass is 321 g/mol. The minimum atomic E-state index is -0.179. The minimum Gasteiger partial charge on any atom is -0.330 e. The summed E-state index contributed by atoms with van der Waals surface area (Å²) >= 11 is 12.0. The van der Waals surface area contributed by atoms with Gasteiger partial charge in [-0.1, -0.05) is 23.2 Å². The molecule has 3 rings (SSSR count). The first-order valence-corrected chi connectivity index (χ1v) is 7.42. The summed E-state index contributed by atoms with van der Waals surface area (Å²) in [5.74, 6) is -0.179. The second-order valence-corrected chi connectivity index (χ2v) is 5.78. The van der Waals surface area contributed by atoms with Crippen molar-refractivity contribution in [2.24, 2.45) is 0 Å². The number of carbonyl (C=O) groups is 1. The highest BCUT2D eigenvalue weighted by Gasteiger charge is 2.34. The normalized spacial score (nSPS) is 14.0. The molecule has 0 radical (unpaired) electrons. The molecule has 4 nitrogen and oxygen atoms in total. The average Bonchev–Trinajstić information content (AvgIpc) is 3.32. The number of aromatic nitrogens is 2. The lowest BCUT2D eigenvalue weighted by atomic mass is 10.2. The minimum absolute atomic E-state index is 0.179. The van der Waals surface area contributed by atoms with Crippen molar-refractivity contribution in [2.75, 3.05) is 0 Å². The summed E-state index contributed by atoms with van der Waals surface area (Å²) in [5, 5.41) is 0.590. The van der Waals surface area contributed by atoms with Crippen molar-refractivity contribution >= 4 is 29.1 Å². The van der Waals surface area contributed by atoms with Crippen LogP contribution in [0.15, 0.2) is 36.7 Å². The Balaban J connectivity index is 1.87. The Bertz CT molecular complexity index is 659. The Morgan fingerprint density at radius 2 is 1.90 bits per heavy atom. The van der Waals surface area contributed by atoms with Crippen LogP contribution >= 0.6 is 23.2 Å². The molecule has 0 atom stereocenters. The van der Waals surface area contributed by atoms with E-state index in [1.165, 1.54) is 0 Å². The zero-order valence-corrected chi connectivity index (χ0v) is 12.7. The van der Waals surface area contributed by atoms with Gasteiger partial charge >= 0.3 is 0 Å². The van der Waals surface area contributed by atoms with Crippen molar-refractivity contribution in [3.8, 4) is 0 Å². The van der Waals surface area contributed by atoms with Gasteiger partial charge in [-0.3, -0.25) is 9.78 Å². The van der Waals surface area contributed by atoms with Crippen LogP contribution in [0.2, 0.25) is 10.2 Å². The number of pyridine rings is 2. The van der Waals surface area contributed by atoms with E-state index in [0.717, 1.165) is 18.4 Å². The van der Waals surface area contributed by atoms with Crippen LogP contribution in [0.1, 0.15) is 28.9 Å². The van der Waals surface area contributed by atoms with Gasteiger partial charge in [-0.05, 0) is 42.7 Å². The molecule has 2 heterocycles. The van der Waals surface area contributed by atoms with Crippen LogP contribution in [-0.4, -0.2) is 26.8 Å². The number of hydrogen-bond acceptors (Lipinski definition) is 3. The molecule has 21 heavy (non-hydrogen) atoms. The van der Waals surface area contributed by atoms with Crippen molar-refractivity contribution < 1.29 is 4.79 Å². The number of halogens is 2. The molecular weight excluding hydrogens is 309 g/mol. The fraction of sp³-hybridized carbons (Fsp3) is 0.267. The lowest BCUT2D eigenvalue weighted by molar-refractivity contribution is 0.0724. The van der Waals surface area contributed by atoms with Gasteiger partial charge in [0, 0.05) is 25.0 Å². The molecule has 2 aromatic rings. The van der Waals surface area contributed by atoms with E-state index in [1.807, 2.05) is 12.1 Å². The molecule has 1 saturated carbocycles. The third kappa shape index (κ3) is 3.34. The lowest BCUT2D eigenvalue weighted by Gasteiger charge is -2.22. The molecule has 6 heteroatoms. The molecular formula is C15H13Cl2N3O. The van der Waals surface area contributed by atoms with Crippen molar-refractivity contribution in [2.45, 2.75) is 25.4 Å². The van der Waals surface area contributed by atoms with E-state index in [1.54, 1.807) is 29.4 Å². The van der Waals surface area contributed by atoms with Crippen LogP contribution in [-0.2, 0) is 6.54 Å². The SMILES string of the molecule is O=C(c1nc(Cl)ccc1Cl)N(Cc1ccncc1)C1CC1. The van der Waals surface area contributed by atoms with E-state index in [9.17, 15) is 4.79 Å². The molecule has 0 saturated heterocycles. The summed E-state index contributed by atoms with van der Waals surface area (Å²) < 4.78 is 0.